The molecule has 2 atom stereocenters. The molecule has 0 bridgehead atoms. The van der Waals surface area contributed by atoms with Gasteiger partial charge in [0.15, 0.2) is 9.84 Å². The number of thiophene rings is 1. The predicted molar refractivity (Wildman–Crippen MR) is 64.3 cm³/mol. The largest absolute Gasteiger partial charge is 0.390 e. The molecule has 0 aliphatic carbocycles. The highest BCUT2D eigenvalue weighted by Gasteiger charge is 2.35. The van der Waals surface area contributed by atoms with E-state index in [9.17, 15) is 13.5 Å². The summed E-state index contributed by atoms with van der Waals surface area (Å²) in [5.74, 6) is -0.0767. The second kappa shape index (κ2) is 4.44. The zero-order valence-corrected chi connectivity index (χ0v) is 10.6. The summed E-state index contributed by atoms with van der Waals surface area (Å²) in [7, 11) is -3.05. The second-order valence-corrected chi connectivity index (χ2v) is 7.67. The van der Waals surface area contributed by atoms with E-state index in [1.807, 2.05) is 19.1 Å². The normalized spacial score (nSPS) is 28.4. The van der Waals surface area contributed by atoms with Crippen molar-refractivity contribution in [1.29, 1.82) is 0 Å². The minimum absolute atomic E-state index is 0.0402. The molecule has 1 fully saturated rings. The Kier molecular flexibility index (Phi) is 3.34. The molecule has 2 rings (SSSR count). The quantitative estimate of drug-likeness (QED) is 0.821. The smallest absolute Gasteiger partial charge is 0.154 e. The van der Waals surface area contributed by atoms with Crippen LogP contribution < -0.4 is 5.32 Å². The van der Waals surface area contributed by atoms with Crippen LogP contribution in [0.3, 0.4) is 0 Å². The SMILES string of the molecule is Cc1ccc(CNC2CS(=O)(=O)CC2O)s1. The van der Waals surface area contributed by atoms with Crippen molar-refractivity contribution in [3.63, 3.8) is 0 Å². The summed E-state index contributed by atoms with van der Waals surface area (Å²) < 4.78 is 22.5. The Morgan fingerprint density at radius 1 is 1.50 bits per heavy atom. The molecule has 16 heavy (non-hydrogen) atoms. The van der Waals surface area contributed by atoms with E-state index in [2.05, 4.69) is 5.32 Å². The molecule has 2 heterocycles. The van der Waals surface area contributed by atoms with Gasteiger partial charge in [-0.2, -0.15) is 0 Å². The van der Waals surface area contributed by atoms with Gasteiger partial charge in [0.1, 0.15) is 0 Å². The van der Waals surface area contributed by atoms with Crippen molar-refractivity contribution < 1.29 is 13.5 Å². The number of hydrogen-bond acceptors (Lipinski definition) is 5. The Balaban J connectivity index is 1.92. The highest BCUT2D eigenvalue weighted by molar-refractivity contribution is 7.91. The lowest BCUT2D eigenvalue weighted by atomic mass is 10.2. The maximum atomic E-state index is 11.3. The van der Waals surface area contributed by atoms with Gasteiger partial charge in [0.05, 0.1) is 17.6 Å². The van der Waals surface area contributed by atoms with Gasteiger partial charge in [0.2, 0.25) is 0 Å². The van der Waals surface area contributed by atoms with Crippen molar-refractivity contribution in [3.05, 3.63) is 21.9 Å². The molecule has 2 N–H and O–H groups in total. The summed E-state index contributed by atoms with van der Waals surface area (Å²) in [5.41, 5.74) is 0. The highest BCUT2D eigenvalue weighted by Crippen LogP contribution is 2.17. The first-order chi connectivity index (χ1) is 7.46. The van der Waals surface area contributed by atoms with Crippen molar-refractivity contribution in [2.75, 3.05) is 11.5 Å². The fourth-order valence-electron chi connectivity index (χ4n) is 1.84. The number of nitrogens with one attached hydrogen (secondary N) is 1. The average Bonchev–Trinajstić information content (AvgIpc) is 2.67. The Bertz CT molecular complexity index is 466. The van der Waals surface area contributed by atoms with Crippen molar-refractivity contribution in [2.45, 2.75) is 25.6 Å². The maximum Gasteiger partial charge on any atom is 0.154 e. The number of sulfone groups is 1. The molecule has 90 valence electrons. The molecule has 1 aromatic rings. The van der Waals surface area contributed by atoms with E-state index < -0.39 is 15.9 Å². The monoisotopic (exact) mass is 261 g/mol. The van der Waals surface area contributed by atoms with Gasteiger partial charge < -0.3 is 10.4 Å². The van der Waals surface area contributed by atoms with Crippen LogP contribution in [0.1, 0.15) is 9.75 Å². The zero-order valence-electron chi connectivity index (χ0n) is 9.01. The van der Waals surface area contributed by atoms with Crippen molar-refractivity contribution >= 4 is 21.2 Å². The van der Waals surface area contributed by atoms with E-state index in [0.29, 0.717) is 6.54 Å². The summed E-state index contributed by atoms with van der Waals surface area (Å²) in [4.78, 5) is 2.39. The Hall–Kier alpha value is -0.430. The topological polar surface area (TPSA) is 66.4 Å². The van der Waals surface area contributed by atoms with Crippen LogP contribution in [0.25, 0.3) is 0 Å². The molecular weight excluding hydrogens is 246 g/mol. The summed E-state index contributed by atoms with van der Waals surface area (Å²) >= 11 is 1.68. The molecule has 0 amide bonds. The highest BCUT2D eigenvalue weighted by atomic mass is 32.2. The van der Waals surface area contributed by atoms with Gasteiger partial charge in [-0.1, -0.05) is 0 Å². The van der Waals surface area contributed by atoms with Crippen LogP contribution >= 0.6 is 11.3 Å². The van der Waals surface area contributed by atoms with Gasteiger partial charge in [-0.15, -0.1) is 11.3 Å². The molecule has 0 spiro atoms. The van der Waals surface area contributed by atoms with Crippen LogP contribution in [0.4, 0.5) is 0 Å². The summed E-state index contributed by atoms with van der Waals surface area (Å²) in [6.45, 7) is 2.65. The zero-order chi connectivity index (χ0) is 11.8. The molecule has 1 aliphatic rings. The fraction of sp³-hybridized carbons (Fsp3) is 0.600. The molecule has 4 nitrogen and oxygen atoms in total. The predicted octanol–water partition coefficient (Wildman–Crippen LogP) is 0.304. The van der Waals surface area contributed by atoms with Gasteiger partial charge in [-0.05, 0) is 19.1 Å². The van der Waals surface area contributed by atoms with Crippen molar-refractivity contribution in [1.82, 2.24) is 5.32 Å². The fourth-order valence-corrected chi connectivity index (χ4v) is 4.45. The second-order valence-electron chi connectivity index (χ2n) is 4.14. The van der Waals surface area contributed by atoms with E-state index in [-0.39, 0.29) is 17.5 Å². The van der Waals surface area contributed by atoms with Crippen LogP contribution in [0.15, 0.2) is 12.1 Å². The maximum absolute atomic E-state index is 11.3. The molecular formula is C10H15NO3S2. The molecule has 1 aromatic heterocycles. The molecule has 0 aromatic carbocycles. The lowest BCUT2D eigenvalue weighted by molar-refractivity contribution is 0.165. The van der Waals surface area contributed by atoms with Gasteiger partial charge >= 0.3 is 0 Å². The van der Waals surface area contributed by atoms with Gasteiger partial charge in [0.25, 0.3) is 0 Å². The number of aliphatic hydroxyl groups excluding tert-OH is 1. The van der Waals surface area contributed by atoms with E-state index >= 15 is 0 Å². The number of aryl methyl sites for hydroxylation is 1. The van der Waals surface area contributed by atoms with E-state index in [1.54, 1.807) is 11.3 Å². The van der Waals surface area contributed by atoms with Crippen LogP contribution in [0, 0.1) is 6.92 Å². The van der Waals surface area contributed by atoms with Crippen LogP contribution in [0.2, 0.25) is 0 Å². The minimum Gasteiger partial charge on any atom is -0.390 e. The molecule has 1 aliphatic heterocycles. The van der Waals surface area contributed by atoms with Gasteiger partial charge in [-0.3, -0.25) is 0 Å². The van der Waals surface area contributed by atoms with Crippen molar-refractivity contribution in [2.24, 2.45) is 0 Å². The summed E-state index contributed by atoms with van der Waals surface area (Å²) in [5, 5.41) is 12.7. The first-order valence-electron chi connectivity index (χ1n) is 5.13. The first-order valence-corrected chi connectivity index (χ1v) is 7.77. The van der Waals surface area contributed by atoms with Crippen LogP contribution in [-0.4, -0.2) is 37.2 Å². The van der Waals surface area contributed by atoms with Crippen LogP contribution in [-0.2, 0) is 16.4 Å². The molecule has 6 heteroatoms. The van der Waals surface area contributed by atoms with Gasteiger partial charge in [0, 0.05) is 22.3 Å². The lowest BCUT2D eigenvalue weighted by Crippen LogP contribution is -2.38. The standard InChI is InChI=1S/C10H15NO3S2/c1-7-2-3-8(15-7)4-11-9-5-16(13,14)6-10(9)12/h2-3,9-12H,4-6H2,1H3. The number of hydrogen-bond donors (Lipinski definition) is 2. The Labute approximate surface area is 99.2 Å². The van der Waals surface area contributed by atoms with Gasteiger partial charge in [-0.25, -0.2) is 8.42 Å². The summed E-state index contributed by atoms with van der Waals surface area (Å²) in [6, 6.07) is 3.72. The molecule has 2 unspecified atom stereocenters. The molecule has 0 radical (unpaired) electrons. The molecule has 0 saturated carbocycles. The third-order valence-electron chi connectivity index (χ3n) is 2.66. The van der Waals surface area contributed by atoms with E-state index in [1.165, 1.54) is 4.88 Å². The third-order valence-corrected chi connectivity index (χ3v) is 5.37. The summed E-state index contributed by atoms with van der Waals surface area (Å²) in [6.07, 6.45) is -0.772. The number of rotatable bonds is 3. The Morgan fingerprint density at radius 3 is 2.75 bits per heavy atom. The lowest BCUT2D eigenvalue weighted by Gasteiger charge is -2.13. The first kappa shape index (κ1) is 12.0. The Morgan fingerprint density at radius 2 is 2.25 bits per heavy atom. The molecule has 1 saturated heterocycles. The minimum atomic E-state index is -3.05. The average molecular weight is 261 g/mol. The van der Waals surface area contributed by atoms with E-state index in [0.717, 1.165) is 4.88 Å². The van der Waals surface area contributed by atoms with Crippen LogP contribution in [0.5, 0.6) is 0 Å². The van der Waals surface area contributed by atoms with E-state index in [4.69, 9.17) is 0 Å². The third kappa shape index (κ3) is 2.82. The number of aliphatic hydroxyl groups is 1. The van der Waals surface area contributed by atoms with Crippen molar-refractivity contribution in [3.8, 4) is 0 Å².